The Morgan fingerprint density at radius 1 is 0.353 bits per heavy atom. The Balaban J connectivity index is -0.000000243. The van der Waals surface area contributed by atoms with Gasteiger partial charge >= 0.3 is 29.8 Å². The zero-order valence-corrected chi connectivity index (χ0v) is 46.1. The van der Waals surface area contributed by atoms with Crippen LogP contribution in [0.2, 0.25) is 0 Å². The van der Waals surface area contributed by atoms with E-state index in [1.54, 1.807) is 44.6 Å². The van der Waals surface area contributed by atoms with Crippen LogP contribution in [-0.2, 0) is 57.1 Å². The highest BCUT2D eigenvalue weighted by atomic mass is 16.6. The molecule has 0 aromatic carbocycles. The van der Waals surface area contributed by atoms with E-state index in [1.165, 1.54) is 12.8 Å². The number of rotatable bonds is 32. The number of esters is 5. The van der Waals surface area contributed by atoms with Gasteiger partial charge in [0, 0.05) is 27.2 Å². The molecule has 0 saturated heterocycles. The first-order valence-electron chi connectivity index (χ1n) is 24.9. The Kier molecular flexibility index (Phi) is 53.0. The van der Waals surface area contributed by atoms with Gasteiger partial charge in [-0.05, 0) is 48.3 Å². The average Bonchev–Trinajstić information content (AvgIpc) is 3.26. The van der Waals surface area contributed by atoms with Crippen LogP contribution in [0.4, 0.5) is 0 Å². The molecule has 0 aliphatic heterocycles. The maximum atomic E-state index is 11.6. The second-order valence-corrected chi connectivity index (χ2v) is 18.5. The number of carbonyl (C=O) groups is 5. The van der Waals surface area contributed by atoms with Crippen molar-refractivity contribution in [3.8, 4) is 0 Å². The molecule has 0 N–H and O–H groups in total. The van der Waals surface area contributed by atoms with Crippen molar-refractivity contribution in [3.05, 3.63) is 63.3 Å². The topological polar surface area (TPSA) is 150 Å². The van der Waals surface area contributed by atoms with E-state index in [1.807, 2.05) is 83.1 Å². The summed E-state index contributed by atoms with van der Waals surface area (Å²) in [5.74, 6) is -0.0611. The lowest BCUT2D eigenvalue weighted by atomic mass is 9.96. The molecule has 0 aliphatic rings. The van der Waals surface area contributed by atoms with E-state index in [2.05, 4.69) is 46.7 Å². The third-order valence-electron chi connectivity index (χ3n) is 10.0. The van der Waals surface area contributed by atoms with E-state index in [-0.39, 0.29) is 89.0 Å². The summed E-state index contributed by atoms with van der Waals surface area (Å²) >= 11 is 0. The lowest BCUT2D eigenvalue weighted by molar-refractivity contribution is -0.150. The molecule has 0 heterocycles. The highest BCUT2D eigenvalue weighted by molar-refractivity contribution is 5.76. The molecule has 12 heteroatoms. The van der Waals surface area contributed by atoms with Crippen molar-refractivity contribution in [2.75, 3.05) is 60.5 Å². The first-order chi connectivity index (χ1) is 32.0. The fourth-order valence-electron chi connectivity index (χ4n) is 5.55. The monoisotopic (exact) mass is 967 g/mol. The Labute approximate surface area is 416 Å². The molecule has 0 amide bonds. The van der Waals surface area contributed by atoms with E-state index in [0.717, 1.165) is 32.1 Å². The third-order valence-corrected chi connectivity index (χ3v) is 10.0. The molecule has 0 fully saturated rings. The van der Waals surface area contributed by atoms with E-state index in [0.29, 0.717) is 52.2 Å². The van der Waals surface area contributed by atoms with Gasteiger partial charge in [0.1, 0.15) is 6.61 Å². The van der Waals surface area contributed by atoms with Crippen LogP contribution in [0.5, 0.6) is 0 Å². The summed E-state index contributed by atoms with van der Waals surface area (Å²) in [5, 5.41) is 0. The van der Waals surface area contributed by atoms with Crippen LogP contribution < -0.4 is 0 Å². The van der Waals surface area contributed by atoms with Crippen molar-refractivity contribution >= 4 is 29.8 Å². The van der Waals surface area contributed by atoms with Gasteiger partial charge in [-0.2, -0.15) is 0 Å². The smallest absolute Gasteiger partial charge is 0.313 e. The second kappa shape index (κ2) is 49.4. The second-order valence-electron chi connectivity index (χ2n) is 18.5. The fraction of sp³-hybridized carbons (Fsp3) is 0.732. The maximum Gasteiger partial charge on any atom is 0.313 e. The minimum Gasteiger partial charge on any atom is -0.465 e. The molecule has 0 aromatic heterocycles. The minimum atomic E-state index is -0.220. The number of hydrogen-bond acceptors (Lipinski definition) is 12. The molecule has 12 nitrogen and oxygen atoms in total. The van der Waals surface area contributed by atoms with Gasteiger partial charge in [-0.3, -0.25) is 24.0 Å². The van der Waals surface area contributed by atoms with Crippen molar-refractivity contribution < 1.29 is 57.1 Å². The molecular formula is C56H102O12. The van der Waals surface area contributed by atoms with Gasteiger partial charge in [0.2, 0.25) is 0 Å². The van der Waals surface area contributed by atoms with Crippen molar-refractivity contribution in [2.24, 2.45) is 65.1 Å². The Morgan fingerprint density at radius 2 is 0.632 bits per heavy atom. The van der Waals surface area contributed by atoms with Gasteiger partial charge in [-0.15, -0.1) is 32.9 Å². The molecule has 5 unspecified atom stereocenters. The number of carbonyl (C=O) groups excluding carboxylic acids is 5. The largest absolute Gasteiger partial charge is 0.465 e. The quantitative estimate of drug-likeness (QED) is 0.0273. The SMILES string of the molecule is C=CC(C(=O)OCC(C)C)C(C)C.C=CC(C(=O)OCCCC)C(C)C.C=CC(C(=O)OCCCCCC)C(C)C.C=CC(C(=O)OCCCOC)C(C)C.C=CC(C(=O)OCCOC)C(C)C. The summed E-state index contributed by atoms with van der Waals surface area (Å²) in [6.45, 7) is 49.6. The van der Waals surface area contributed by atoms with Crippen molar-refractivity contribution in [2.45, 2.75) is 142 Å². The fourth-order valence-corrected chi connectivity index (χ4v) is 5.55. The lowest BCUT2D eigenvalue weighted by Crippen LogP contribution is -2.22. The summed E-state index contributed by atoms with van der Waals surface area (Å²) < 4.78 is 35.0. The highest BCUT2D eigenvalue weighted by Gasteiger charge is 2.23. The number of methoxy groups -OCH3 is 2. The minimum absolute atomic E-state index is 0.128. The first-order valence-corrected chi connectivity index (χ1v) is 24.9. The number of hydrogen-bond donors (Lipinski definition) is 0. The summed E-state index contributed by atoms with van der Waals surface area (Å²) in [6, 6.07) is 0. The van der Waals surface area contributed by atoms with E-state index < -0.39 is 0 Å². The molecular weight excluding hydrogens is 865 g/mol. The molecule has 68 heavy (non-hydrogen) atoms. The predicted octanol–water partition coefficient (Wildman–Crippen LogP) is 12.7. The average molecular weight is 967 g/mol. The molecule has 0 aliphatic carbocycles. The Morgan fingerprint density at radius 3 is 0.897 bits per heavy atom. The zero-order chi connectivity index (χ0) is 53.6. The van der Waals surface area contributed by atoms with E-state index >= 15 is 0 Å². The van der Waals surface area contributed by atoms with Crippen LogP contribution >= 0.6 is 0 Å². The molecule has 0 aromatic rings. The van der Waals surface area contributed by atoms with Gasteiger partial charge in [-0.25, -0.2) is 0 Å². The first kappa shape index (κ1) is 72.9. The van der Waals surface area contributed by atoms with E-state index in [4.69, 9.17) is 33.2 Å². The van der Waals surface area contributed by atoms with Crippen molar-refractivity contribution in [1.82, 2.24) is 0 Å². The molecule has 398 valence electrons. The highest BCUT2D eigenvalue weighted by Crippen LogP contribution is 2.17. The Bertz CT molecular complexity index is 1280. The van der Waals surface area contributed by atoms with Crippen LogP contribution in [0.25, 0.3) is 0 Å². The third kappa shape index (κ3) is 42.1. The molecule has 0 rings (SSSR count). The maximum absolute atomic E-state index is 11.6. The summed E-state index contributed by atoms with van der Waals surface area (Å²) in [5.41, 5.74) is 0. The molecule has 0 spiro atoms. The van der Waals surface area contributed by atoms with Crippen molar-refractivity contribution in [1.29, 1.82) is 0 Å². The Hall–Kier alpha value is -4.03. The summed E-state index contributed by atoms with van der Waals surface area (Å²) in [7, 11) is 3.20. The summed E-state index contributed by atoms with van der Waals surface area (Å²) in [6.07, 6.45) is 15.5. The molecule has 0 bridgehead atoms. The van der Waals surface area contributed by atoms with Crippen LogP contribution in [0.3, 0.4) is 0 Å². The van der Waals surface area contributed by atoms with E-state index in [9.17, 15) is 24.0 Å². The van der Waals surface area contributed by atoms with Gasteiger partial charge < -0.3 is 33.2 Å². The van der Waals surface area contributed by atoms with Crippen LogP contribution in [0.15, 0.2) is 63.3 Å². The van der Waals surface area contributed by atoms with Gasteiger partial charge in [-0.1, -0.05) is 153 Å². The molecule has 0 saturated carbocycles. The molecule has 5 atom stereocenters. The van der Waals surface area contributed by atoms with Crippen molar-refractivity contribution in [3.63, 3.8) is 0 Å². The van der Waals surface area contributed by atoms with Crippen LogP contribution in [0.1, 0.15) is 142 Å². The predicted molar refractivity (Wildman–Crippen MR) is 280 cm³/mol. The molecule has 0 radical (unpaired) electrons. The normalized spacial score (nSPS) is 12.7. The lowest BCUT2D eigenvalue weighted by Gasteiger charge is -2.16. The number of ether oxygens (including phenoxy) is 7. The van der Waals surface area contributed by atoms with Gasteiger partial charge in [0.25, 0.3) is 0 Å². The summed E-state index contributed by atoms with van der Waals surface area (Å²) in [4.78, 5) is 57.2. The van der Waals surface area contributed by atoms with Crippen LogP contribution in [-0.4, -0.2) is 90.3 Å². The standard InChI is InChI=1S/C13H24O2.C11H20O3.2C11H20O2.C10H18O3/c1-5-7-8-9-10-15-13(14)12(6-2)11(3)4;1-5-10(9(2)3)11(12)14-8-6-7-13-4;1-6-10(9(4)5)11(12)13-7-8(2)3;1-5-7-8-13-11(12)10(6-2)9(3)4;1-5-9(8(2)3)10(11)13-7-6-12-4/h6,11-12H,2,5,7-10H2,1,3-4H3;5,9-10H,1,6-8H2,2-4H3;6,8-10H,1,7H2,2-5H3;6,9-10H,2,5,7-8H2,1,3-4H3;5,8-9H,1,6-7H2,2-4H3. The number of unbranched alkanes of at least 4 members (excludes halogenated alkanes) is 4. The van der Waals surface area contributed by atoms with Gasteiger partial charge in [0.15, 0.2) is 0 Å². The zero-order valence-electron chi connectivity index (χ0n) is 46.1. The van der Waals surface area contributed by atoms with Crippen LogP contribution in [0, 0.1) is 65.1 Å². The van der Waals surface area contributed by atoms with Gasteiger partial charge in [0.05, 0.1) is 62.6 Å².